The Kier molecular flexibility index (Phi) is 4.43. The largest absolute Gasteiger partial charge is 0.398 e. The Hall–Kier alpha value is -1.06. The van der Waals surface area contributed by atoms with Gasteiger partial charge in [0.2, 0.25) is 0 Å². The number of ether oxygens (including phenoxy) is 1. The van der Waals surface area contributed by atoms with Crippen LogP contribution in [-0.4, -0.2) is 19.4 Å². The molecule has 0 saturated carbocycles. The van der Waals surface area contributed by atoms with Gasteiger partial charge >= 0.3 is 0 Å². The highest BCUT2D eigenvalue weighted by Crippen LogP contribution is 2.13. The Balaban J connectivity index is 3.00. The van der Waals surface area contributed by atoms with Crippen LogP contribution >= 0.6 is 11.6 Å². The van der Waals surface area contributed by atoms with Crippen molar-refractivity contribution in [2.24, 2.45) is 5.16 Å². The first-order valence-corrected chi connectivity index (χ1v) is 4.51. The number of hydrogen-bond acceptors (Lipinski definition) is 3. The second kappa shape index (κ2) is 5.62. The van der Waals surface area contributed by atoms with Gasteiger partial charge in [0.05, 0.1) is 6.61 Å². The van der Waals surface area contributed by atoms with E-state index >= 15 is 0 Å². The van der Waals surface area contributed by atoms with Gasteiger partial charge in [-0.15, -0.1) is 0 Å². The molecule has 14 heavy (non-hydrogen) atoms. The summed E-state index contributed by atoms with van der Waals surface area (Å²) in [7, 11) is 3.10. The molecule has 0 amide bonds. The Morgan fingerprint density at radius 2 is 2.07 bits per heavy atom. The standard InChI is InChI=1S/C10H12ClNO2/c1-13-7-8-5-3-4-6-9(8)10(11)12-14-2/h3-6H,7H2,1-2H3. The summed E-state index contributed by atoms with van der Waals surface area (Å²) < 4.78 is 5.04. The van der Waals surface area contributed by atoms with Crippen LogP contribution in [0.3, 0.4) is 0 Å². The molecule has 0 aliphatic rings. The number of nitrogens with zero attached hydrogens (tertiary/aromatic N) is 1. The molecule has 0 aromatic heterocycles. The van der Waals surface area contributed by atoms with Crippen LogP contribution in [0.25, 0.3) is 0 Å². The molecule has 0 aliphatic carbocycles. The third-order valence-corrected chi connectivity index (χ3v) is 1.98. The van der Waals surface area contributed by atoms with E-state index in [4.69, 9.17) is 16.3 Å². The lowest BCUT2D eigenvalue weighted by Gasteiger charge is -2.05. The Bertz CT molecular complexity index is 326. The molecule has 1 aromatic rings. The van der Waals surface area contributed by atoms with Crippen LogP contribution in [0.1, 0.15) is 11.1 Å². The number of hydrogen-bond donors (Lipinski definition) is 0. The van der Waals surface area contributed by atoms with E-state index in [0.717, 1.165) is 11.1 Å². The quantitative estimate of drug-likeness (QED) is 0.568. The van der Waals surface area contributed by atoms with Gasteiger partial charge in [0.15, 0.2) is 5.17 Å². The van der Waals surface area contributed by atoms with E-state index < -0.39 is 0 Å². The predicted molar refractivity (Wildman–Crippen MR) is 56.6 cm³/mol. The minimum Gasteiger partial charge on any atom is -0.398 e. The van der Waals surface area contributed by atoms with E-state index in [0.29, 0.717) is 11.8 Å². The summed E-state index contributed by atoms with van der Waals surface area (Å²) >= 11 is 5.92. The van der Waals surface area contributed by atoms with Crippen molar-refractivity contribution in [2.75, 3.05) is 14.2 Å². The van der Waals surface area contributed by atoms with Gasteiger partial charge in [-0.25, -0.2) is 0 Å². The van der Waals surface area contributed by atoms with Crippen molar-refractivity contribution >= 4 is 16.8 Å². The third-order valence-electron chi connectivity index (χ3n) is 1.71. The maximum absolute atomic E-state index is 5.92. The second-order valence-electron chi connectivity index (χ2n) is 2.65. The predicted octanol–water partition coefficient (Wildman–Crippen LogP) is 2.38. The highest BCUT2D eigenvalue weighted by atomic mass is 35.5. The van der Waals surface area contributed by atoms with Crippen molar-refractivity contribution in [2.45, 2.75) is 6.61 Å². The summed E-state index contributed by atoms with van der Waals surface area (Å²) in [6.07, 6.45) is 0. The summed E-state index contributed by atoms with van der Waals surface area (Å²) in [5, 5.41) is 4.00. The van der Waals surface area contributed by atoms with E-state index in [1.807, 2.05) is 24.3 Å². The highest BCUT2D eigenvalue weighted by Gasteiger charge is 2.06. The molecule has 0 unspecified atom stereocenters. The Morgan fingerprint density at radius 3 is 2.71 bits per heavy atom. The fourth-order valence-corrected chi connectivity index (χ4v) is 1.39. The summed E-state index contributed by atoms with van der Waals surface area (Å²) in [4.78, 5) is 4.61. The first kappa shape index (κ1) is 11.0. The lowest BCUT2D eigenvalue weighted by Crippen LogP contribution is -2.00. The smallest absolute Gasteiger partial charge is 0.175 e. The first-order chi connectivity index (χ1) is 6.79. The number of oxime groups is 1. The molecule has 0 saturated heterocycles. The van der Waals surface area contributed by atoms with Crippen LogP contribution in [0.2, 0.25) is 0 Å². The maximum Gasteiger partial charge on any atom is 0.175 e. The van der Waals surface area contributed by atoms with Crippen LogP contribution < -0.4 is 0 Å². The Morgan fingerprint density at radius 1 is 1.36 bits per heavy atom. The lowest BCUT2D eigenvalue weighted by molar-refractivity contribution is 0.184. The SMILES string of the molecule is COCc1ccccc1C(Cl)=NOC. The van der Waals surface area contributed by atoms with Crippen molar-refractivity contribution in [3.05, 3.63) is 35.4 Å². The molecule has 76 valence electrons. The minimum absolute atomic E-state index is 0.333. The minimum atomic E-state index is 0.333. The highest BCUT2D eigenvalue weighted by molar-refractivity contribution is 6.69. The fraction of sp³-hybridized carbons (Fsp3) is 0.300. The molecular formula is C10H12ClNO2. The van der Waals surface area contributed by atoms with Crippen LogP contribution in [0.5, 0.6) is 0 Å². The molecule has 0 heterocycles. The average Bonchev–Trinajstić information content (AvgIpc) is 2.19. The molecule has 0 N–H and O–H groups in total. The number of benzene rings is 1. The van der Waals surface area contributed by atoms with Gasteiger partial charge < -0.3 is 9.57 Å². The van der Waals surface area contributed by atoms with Gasteiger partial charge in [-0.3, -0.25) is 0 Å². The van der Waals surface area contributed by atoms with Crippen molar-refractivity contribution in [1.29, 1.82) is 0 Å². The van der Waals surface area contributed by atoms with Crippen molar-refractivity contribution < 1.29 is 9.57 Å². The van der Waals surface area contributed by atoms with Crippen molar-refractivity contribution in [3.63, 3.8) is 0 Å². The van der Waals surface area contributed by atoms with Crippen LogP contribution in [0.4, 0.5) is 0 Å². The molecule has 1 aromatic carbocycles. The maximum atomic E-state index is 5.92. The first-order valence-electron chi connectivity index (χ1n) is 4.13. The van der Waals surface area contributed by atoms with E-state index in [-0.39, 0.29) is 0 Å². The zero-order valence-electron chi connectivity index (χ0n) is 8.16. The Labute approximate surface area is 88.3 Å². The van der Waals surface area contributed by atoms with Gasteiger partial charge in [0.1, 0.15) is 7.11 Å². The monoisotopic (exact) mass is 213 g/mol. The van der Waals surface area contributed by atoms with Gasteiger partial charge in [0.25, 0.3) is 0 Å². The second-order valence-corrected chi connectivity index (χ2v) is 3.01. The van der Waals surface area contributed by atoms with Crippen molar-refractivity contribution in [1.82, 2.24) is 0 Å². The fourth-order valence-electron chi connectivity index (χ4n) is 1.13. The van der Waals surface area contributed by atoms with E-state index in [1.165, 1.54) is 7.11 Å². The van der Waals surface area contributed by atoms with Crippen LogP contribution in [0.15, 0.2) is 29.4 Å². The third kappa shape index (κ3) is 2.72. The van der Waals surface area contributed by atoms with Gasteiger partial charge in [-0.1, -0.05) is 41.0 Å². The molecule has 0 atom stereocenters. The lowest BCUT2D eigenvalue weighted by atomic mass is 10.1. The van der Waals surface area contributed by atoms with E-state index in [1.54, 1.807) is 7.11 Å². The number of rotatable bonds is 4. The molecule has 0 radical (unpaired) electrons. The topological polar surface area (TPSA) is 30.8 Å². The summed E-state index contributed by atoms with van der Waals surface area (Å²) in [6, 6.07) is 7.63. The van der Waals surface area contributed by atoms with Gasteiger partial charge in [0, 0.05) is 12.7 Å². The zero-order valence-corrected chi connectivity index (χ0v) is 8.91. The van der Waals surface area contributed by atoms with Crippen LogP contribution in [0, 0.1) is 0 Å². The molecular weight excluding hydrogens is 202 g/mol. The number of methoxy groups -OCH3 is 1. The zero-order chi connectivity index (χ0) is 10.4. The molecule has 4 heteroatoms. The summed E-state index contributed by atoms with van der Waals surface area (Å²) in [5.41, 5.74) is 1.82. The van der Waals surface area contributed by atoms with Gasteiger partial charge in [-0.05, 0) is 5.56 Å². The molecule has 0 bridgehead atoms. The number of halogens is 1. The molecule has 0 spiro atoms. The van der Waals surface area contributed by atoms with Crippen molar-refractivity contribution in [3.8, 4) is 0 Å². The van der Waals surface area contributed by atoms with E-state index in [9.17, 15) is 0 Å². The summed E-state index contributed by atoms with van der Waals surface area (Å²) in [5.74, 6) is 0. The molecule has 0 fully saturated rings. The molecule has 1 rings (SSSR count). The van der Waals surface area contributed by atoms with Gasteiger partial charge in [-0.2, -0.15) is 0 Å². The normalized spacial score (nSPS) is 11.5. The summed E-state index contributed by atoms with van der Waals surface area (Å²) in [6.45, 7) is 0.506. The van der Waals surface area contributed by atoms with Crippen LogP contribution in [-0.2, 0) is 16.2 Å². The van der Waals surface area contributed by atoms with E-state index in [2.05, 4.69) is 9.99 Å². The molecule has 0 aliphatic heterocycles. The molecule has 3 nitrogen and oxygen atoms in total. The average molecular weight is 214 g/mol.